The number of likely N-dealkylation sites (tertiary alicyclic amines) is 1. The summed E-state index contributed by atoms with van der Waals surface area (Å²) < 4.78 is 0. The number of aromatic amines is 1. The molecule has 1 aromatic heterocycles. The van der Waals surface area contributed by atoms with Crippen molar-refractivity contribution in [2.24, 2.45) is 0 Å². The molecule has 2 aliphatic rings. The molecule has 0 atom stereocenters. The minimum absolute atomic E-state index is 0.792. The molecule has 2 aliphatic heterocycles. The molecule has 2 fully saturated rings. The molecule has 1 aromatic carbocycles. The highest BCUT2D eigenvalue weighted by Gasteiger charge is 2.26. The second-order valence-corrected chi connectivity index (χ2v) is 7.09. The molecule has 0 radical (unpaired) electrons. The van der Waals surface area contributed by atoms with E-state index in [0.29, 0.717) is 0 Å². The lowest BCUT2D eigenvalue weighted by Gasteiger charge is -2.43. The Bertz CT molecular complexity index is 638. The number of H-pyrrole nitrogens is 1. The van der Waals surface area contributed by atoms with E-state index in [1.165, 1.54) is 50.3 Å². The molecule has 0 aliphatic carbocycles. The van der Waals surface area contributed by atoms with Crippen LogP contribution < -0.4 is 4.90 Å². The van der Waals surface area contributed by atoms with Gasteiger partial charge in [-0.2, -0.15) is 5.10 Å². The van der Waals surface area contributed by atoms with E-state index >= 15 is 0 Å². The Kier molecular flexibility index (Phi) is 4.54. The average molecular weight is 325 g/mol. The van der Waals surface area contributed by atoms with Gasteiger partial charge in [0.05, 0.1) is 6.20 Å². The van der Waals surface area contributed by atoms with Crippen LogP contribution in [-0.4, -0.2) is 72.4 Å². The molecule has 24 heavy (non-hydrogen) atoms. The molecule has 128 valence electrons. The van der Waals surface area contributed by atoms with Gasteiger partial charge in [-0.3, -0.25) is 10.00 Å². The van der Waals surface area contributed by atoms with Crippen molar-refractivity contribution in [1.82, 2.24) is 20.0 Å². The van der Waals surface area contributed by atoms with Crippen LogP contribution in [0.15, 0.2) is 36.7 Å². The Morgan fingerprint density at radius 2 is 1.79 bits per heavy atom. The van der Waals surface area contributed by atoms with Gasteiger partial charge in [-0.05, 0) is 50.7 Å². The van der Waals surface area contributed by atoms with Crippen LogP contribution >= 0.6 is 0 Å². The molecule has 3 heterocycles. The highest BCUT2D eigenvalue weighted by molar-refractivity contribution is 5.67. The standard InChI is InChI=1S/C19H27N5/c1-22-7-5-18(6-8-22)23-9-11-24(12-10-23)19-4-2-3-16(13-19)17-14-20-21-15-17/h2-4,13-15,18H,5-12H2,1H3,(H,20,21). The van der Waals surface area contributed by atoms with Crippen LogP contribution in [0.25, 0.3) is 11.1 Å². The van der Waals surface area contributed by atoms with Gasteiger partial charge < -0.3 is 9.80 Å². The largest absolute Gasteiger partial charge is 0.369 e. The van der Waals surface area contributed by atoms with Crippen LogP contribution in [-0.2, 0) is 0 Å². The topological polar surface area (TPSA) is 38.4 Å². The molecule has 2 saturated heterocycles. The number of piperidine rings is 1. The average Bonchev–Trinajstić information content (AvgIpc) is 3.17. The molecule has 0 saturated carbocycles. The van der Waals surface area contributed by atoms with Crippen molar-refractivity contribution in [2.45, 2.75) is 18.9 Å². The molecule has 0 spiro atoms. The molecule has 4 rings (SSSR count). The molecule has 5 nitrogen and oxygen atoms in total. The Labute approximate surface area is 144 Å². The number of piperazine rings is 1. The lowest BCUT2D eigenvalue weighted by atomic mass is 10.0. The van der Waals surface area contributed by atoms with Crippen LogP contribution in [0.2, 0.25) is 0 Å². The van der Waals surface area contributed by atoms with E-state index in [4.69, 9.17) is 0 Å². The van der Waals surface area contributed by atoms with Crippen molar-refractivity contribution < 1.29 is 0 Å². The summed E-state index contributed by atoms with van der Waals surface area (Å²) >= 11 is 0. The van der Waals surface area contributed by atoms with E-state index in [1.54, 1.807) is 0 Å². The lowest BCUT2D eigenvalue weighted by Crippen LogP contribution is -2.53. The highest BCUT2D eigenvalue weighted by Crippen LogP contribution is 2.25. The molecule has 2 aromatic rings. The summed E-state index contributed by atoms with van der Waals surface area (Å²) in [5.74, 6) is 0. The lowest BCUT2D eigenvalue weighted by molar-refractivity contribution is 0.115. The smallest absolute Gasteiger partial charge is 0.0565 e. The first kappa shape index (κ1) is 15.7. The van der Waals surface area contributed by atoms with Crippen molar-refractivity contribution in [2.75, 3.05) is 51.2 Å². The van der Waals surface area contributed by atoms with Gasteiger partial charge in [0.2, 0.25) is 0 Å². The number of nitrogens with zero attached hydrogens (tertiary/aromatic N) is 4. The summed E-state index contributed by atoms with van der Waals surface area (Å²) in [4.78, 5) is 7.69. The summed E-state index contributed by atoms with van der Waals surface area (Å²) in [6, 6.07) is 9.62. The third kappa shape index (κ3) is 3.32. The number of aromatic nitrogens is 2. The van der Waals surface area contributed by atoms with Gasteiger partial charge in [0, 0.05) is 49.7 Å². The molecule has 0 amide bonds. The van der Waals surface area contributed by atoms with E-state index in [0.717, 1.165) is 24.7 Å². The molecule has 0 unspecified atom stereocenters. The maximum atomic E-state index is 4.06. The van der Waals surface area contributed by atoms with Crippen molar-refractivity contribution in [3.8, 4) is 11.1 Å². The first-order valence-corrected chi connectivity index (χ1v) is 9.06. The first-order chi connectivity index (χ1) is 11.8. The summed E-state index contributed by atoms with van der Waals surface area (Å²) in [7, 11) is 2.24. The zero-order valence-electron chi connectivity index (χ0n) is 14.5. The van der Waals surface area contributed by atoms with Crippen LogP contribution in [0, 0.1) is 0 Å². The normalized spacial score (nSPS) is 21.3. The van der Waals surface area contributed by atoms with Crippen molar-refractivity contribution >= 4 is 5.69 Å². The molecule has 5 heteroatoms. The fourth-order valence-electron chi connectivity index (χ4n) is 4.00. The maximum Gasteiger partial charge on any atom is 0.0565 e. The second kappa shape index (κ2) is 6.95. The van der Waals surface area contributed by atoms with Gasteiger partial charge in [-0.15, -0.1) is 0 Å². The Balaban J connectivity index is 1.38. The van der Waals surface area contributed by atoms with Crippen LogP contribution in [0.4, 0.5) is 5.69 Å². The zero-order chi connectivity index (χ0) is 16.4. The number of anilines is 1. The minimum atomic E-state index is 0.792. The molecule has 1 N–H and O–H groups in total. The van der Waals surface area contributed by atoms with Crippen LogP contribution in [0.3, 0.4) is 0 Å². The second-order valence-electron chi connectivity index (χ2n) is 7.09. The fraction of sp³-hybridized carbons (Fsp3) is 0.526. The number of hydrogen-bond donors (Lipinski definition) is 1. The van der Waals surface area contributed by atoms with Crippen molar-refractivity contribution in [3.63, 3.8) is 0 Å². The predicted molar refractivity (Wildman–Crippen MR) is 98.3 cm³/mol. The Morgan fingerprint density at radius 1 is 1.00 bits per heavy atom. The van der Waals surface area contributed by atoms with E-state index in [-0.39, 0.29) is 0 Å². The number of nitrogens with one attached hydrogen (secondary N) is 1. The summed E-state index contributed by atoms with van der Waals surface area (Å²) in [6.45, 7) is 7.12. The quantitative estimate of drug-likeness (QED) is 0.940. The third-order valence-electron chi connectivity index (χ3n) is 5.56. The SMILES string of the molecule is CN1CCC(N2CCN(c3cccc(-c4cn[nH]c4)c3)CC2)CC1. The van der Waals surface area contributed by atoms with Gasteiger partial charge in [0.15, 0.2) is 0 Å². The zero-order valence-corrected chi connectivity index (χ0v) is 14.5. The van der Waals surface area contributed by atoms with Gasteiger partial charge in [-0.1, -0.05) is 12.1 Å². The summed E-state index contributed by atoms with van der Waals surface area (Å²) in [5.41, 5.74) is 3.72. The van der Waals surface area contributed by atoms with Gasteiger partial charge in [-0.25, -0.2) is 0 Å². The molecular weight excluding hydrogens is 298 g/mol. The Hall–Kier alpha value is -1.85. The van der Waals surface area contributed by atoms with Crippen LogP contribution in [0.1, 0.15) is 12.8 Å². The van der Waals surface area contributed by atoms with E-state index in [1.807, 2.05) is 12.4 Å². The number of hydrogen-bond acceptors (Lipinski definition) is 4. The summed E-state index contributed by atoms with van der Waals surface area (Å²) in [5, 5.41) is 6.96. The monoisotopic (exact) mass is 325 g/mol. The third-order valence-corrected chi connectivity index (χ3v) is 5.56. The van der Waals surface area contributed by atoms with E-state index < -0.39 is 0 Å². The van der Waals surface area contributed by atoms with E-state index in [9.17, 15) is 0 Å². The number of rotatable bonds is 3. The fourth-order valence-corrected chi connectivity index (χ4v) is 4.00. The first-order valence-electron chi connectivity index (χ1n) is 9.06. The van der Waals surface area contributed by atoms with Crippen molar-refractivity contribution in [1.29, 1.82) is 0 Å². The molecule has 0 bridgehead atoms. The predicted octanol–water partition coefficient (Wildman–Crippen LogP) is 2.29. The minimum Gasteiger partial charge on any atom is -0.369 e. The molecular formula is C19H27N5. The maximum absolute atomic E-state index is 4.06. The van der Waals surface area contributed by atoms with Gasteiger partial charge >= 0.3 is 0 Å². The van der Waals surface area contributed by atoms with Crippen molar-refractivity contribution in [3.05, 3.63) is 36.7 Å². The van der Waals surface area contributed by atoms with Gasteiger partial charge in [0.1, 0.15) is 0 Å². The van der Waals surface area contributed by atoms with Crippen LogP contribution in [0.5, 0.6) is 0 Å². The van der Waals surface area contributed by atoms with E-state index in [2.05, 4.69) is 56.2 Å². The number of benzene rings is 1. The summed E-state index contributed by atoms with van der Waals surface area (Å²) in [6.07, 6.45) is 6.49. The highest BCUT2D eigenvalue weighted by atomic mass is 15.3. The van der Waals surface area contributed by atoms with Gasteiger partial charge in [0.25, 0.3) is 0 Å². The Morgan fingerprint density at radius 3 is 2.50 bits per heavy atom.